The number of rotatable bonds is 2. The van der Waals surface area contributed by atoms with Gasteiger partial charge in [0.1, 0.15) is 0 Å². The second kappa shape index (κ2) is 6.69. The largest absolute Gasteiger partial charge is 0.375 e. The normalized spacial score (nSPS) is 32.7. The standard InChI is InChI=1S/C16H26N4O2/c1-11-7-14(8-12(2)22-11)19-16(21)20-6-4-3-5-15(20)13-9-17-18-10-13/h9-12,14-15H,3-8H2,1-2H3,(H,17,18)(H,19,21)/t11-,12-,15-/m1/s1. The molecule has 0 radical (unpaired) electrons. The zero-order valence-electron chi connectivity index (χ0n) is 13.4. The molecule has 22 heavy (non-hydrogen) atoms. The van der Waals surface area contributed by atoms with Crippen LogP contribution in [0, 0.1) is 0 Å². The number of hydrogen-bond donors (Lipinski definition) is 2. The Labute approximate surface area is 131 Å². The van der Waals surface area contributed by atoms with Crippen molar-refractivity contribution >= 4 is 6.03 Å². The molecule has 2 aliphatic rings. The quantitative estimate of drug-likeness (QED) is 0.882. The Morgan fingerprint density at radius 2 is 2.14 bits per heavy atom. The van der Waals surface area contributed by atoms with Gasteiger partial charge >= 0.3 is 6.03 Å². The van der Waals surface area contributed by atoms with Crippen molar-refractivity contribution in [3.63, 3.8) is 0 Å². The Balaban J connectivity index is 1.64. The number of aromatic amines is 1. The lowest BCUT2D eigenvalue weighted by Gasteiger charge is -2.38. The molecule has 0 aromatic carbocycles. The summed E-state index contributed by atoms with van der Waals surface area (Å²) in [5.41, 5.74) is 1.10. The van der Waals surface area contributed by atoms with E-state index in [4.69, 9.17) is 4.74 Å². The van der Waals surface area contributed by atoms with Crippen LogP contribution in [-0.4, -0.2) is 45.9 Å². The maximum absolute atomic E-state index is 12.7. The number of H-pyrrole nitrogens is 1. The van der Waals surface area contributed by atoms with Gasteiger partial charge in [-0.15, -0.1) is 0 Å². The van der Waals surface area contributed by atoms with Crippen LogP contribution in [0.15, 0.2) is 12.4 Å². The molecule has 3 rings (SSSR count). The monoisotopic (exact) mass is 306 g/mol. The highest BCUT2D eigenvalue weighted by Crippen LogP contribution is 2.30. The van der Waals surface area contributed by atoms with E-state index < -0.39 is 0 Å². The lowest BCUT2D eigenvalue weighted by Crippen LogP contribution is -2.51. The first-order valence-corrected chi connectivity index (χ1v) is 8.34. The van der Waals surface area contributed by atoms with E-state index in [9.17, 15) is 4.79 Å². The van der Waals surface area contributed by atoms with Crippen molar-refractivity contribution < 1.29 is 9.53 Å². The summed E-state index contributed by atoms with van der Waals surface area (Å²) in [5.74, 6) is 0. The van der Waals surface area contributed by atoms with Crippen LogP contribution < -0.4 is 5.32 Å². The van der Waals surface area contributed by atoms with E-state index in [1.165, 1.54) is 0 Å². The van der Waals surface area contributed by atoms with Gasteiger partial charge in [-0.05, 0) is 46.0 Å². The highest BCUT2D eigenvalue weighted by molar-refractivity contribution is 5.75. The Bertz CT molecular complexity index is 480. The lowest BCUT2D eigenvalue weighted by molar-refractivity contribution is -0.0410. The fraction of sp³-hybridized carbons (Fsp3) is 0.750. The van der Waals surface area contributed by atoms with Gasteiger partial charge < -0.3 is 15.0 Å². The van der Waals surface area contributed by atoms with Crippen LogP contribution in [0.25, 0.3) is 0 Å². The number of nitrogens with zero attached hydrogens (tertiary/aromatic N) is 2. The van der Waals surface area contributed by atoms with Gasteiger partial charge in [-0.25, -0.2) is 4.79 Å². The number of aromatic nitrogens is 2. The third-order valence-corrected chi connectivity index (χ3v) is 4.69. The summed E-state index contributed by atoms with van der Waals surface area (Å²) in [6.45, 7) is 4.96. The maximum Gasteiger partial charge on any atom is 0.318 e. The van der Waals surface area contributed by atoms with E-state index in [0.717, 1.165) is 44.2 Å². The van der Waals surface area contributed by atoms with Crippen molar-refractivity contribution in [2.24, 2.45) is 0 Å². The van der Waals surface area contributed by atoms with Crippen molar-refractivity contribution in [1.29, 1.82) is 0 Å². The van der Waals surface area contributed by atoms with E-state index in [1.54, 1.807) is 0 Å². The summed E-state index contributed by atoms with van der Waals surface area (Å²) in [4.78, 5) is 14.7. The van der Waals surface area contributed by atoms with Crippen LogP contribution in [0.2, 0.25) is 0 Å². The fourth-order valence-corrected chi connectivity index (χ4v) is 3.74. The van der Waals surface area contributed by atoms with Crippen LogP contribution in [0.4, 0.5) is 4.79 Å². The molecule has 6 heteroatoms. The molecule has 2 aliphatic heterocycles. The van der Waals surface area contributed by atoms with Crippen LogP contribution >= 0.6 is 0 Å². The summed E-state index contributed by atoms with van der Waals surface area (Å²) in [7, 11) is 0. The first-order chi connectivity index (χ1) is 10.6. The van der Waals surface area contributed by atoms with Gasteiger partial charge in [0.05, 0.1) is 24.4 Å². The van der Waals surface area contributed by atoms with Gasteiger partial charge in [-0.1, -0.05) is 0 Å². The zero-order chi connectivity index (χ0) is 15.5. The van der Waals surface area contributed by atoms with E-state index >= 15 is 0 Å². The second-order valence-corrected chi connectivity index (χ2v) is 6.61. The number of nitrogens with one attached hydrogen (secondary N) is 2. The molecule has 2 saturated heterocycles. The minimum Gasteiger partial charge on any atom is -0.375 e. The van der Waals surface area contributed by atoms with Crippen LogP contribution in [0.1, 0.15) is 57.6 Å². The van der Waals surface area contributed by atoms with E-state index in [0.29, 0.717) is 0 Å². The van der Waals surface area contributed by atoms with Crippen LogP contribution in [-0.2, 0) is 4.74 Å². The third kappa shape index (κ3) is 3.43. The minimum atomic E-state index is 0.0530. The molecule has 122 valence electrons. The molecule has 3 heterocycles. The number of urea groups is 1. The number of piperidine rings is 1. The second-order valence-electron chi connectivity index (χ2n) is 6.61. The highest BCUT2D eigenvalue weighted by Gasteiger charge is 2.31. The molecule has 0 bridgehead atoms. The molecule has 6 nitrogen and oxygen atoms in total. The topological polar surface area (TPSA) is 70.2 Å². The predicted octanol–water partition coefficient (Wildman–Crippen LogP) is 2.60. The smallest absolute Gasteiger partial charge is 0.318 e. The number of hydrogen-bond acceptors (Lipinski definition) is 3. The highest BCUT2D eigenvalue weighted by atomic mass is 16.5. The first-order valence-electron chi connectivity index (χ1n) is 8.34. The van der Waals surface area contributed by atoms with Crippen molar-refractivity contribution in [2.45, 2.75) is 70.2 Å². The molecular formula is C16H26N4O2. The SMILES string of the molecule is C[C@@H]1CC(NC(=O)N2CCCC[C@@H]2c2cn[nH]c2)C[C@@H](C)O1. The molecule has 2 N–H and O–H groups in total. The summed E-state index contributed by atoms with van der Waals surface area (Å²) in [5, 5.41) is 10.1. The molecule has 1 aromatic rings. The van der Waals surface area contributed by atoms with Gasteiger partial charge in [-0.3, -0.25) is 5.10 Å². The molecule has 0 spiro atoms. The Morgan fingerprint density at radius 3 is 2.82 bits per heavy atom. The van der Waals surface area contributed by atoms with Gasteiger partial charge in [0.2, 0.25) is 0 Å². The zero-order valence-corrected chi connectivity index (χ0v) is 13.4. The Hall–Kier alpha value is -1.56. The van der Waals surface area contributed by atoms with Crippen molar-refractivity contribution in [1.82, 2.24) is 20.4 Å². The molecule has 1 aromatic heterocycles. The minimum absolute atomic E-state index is 0.0530. The average Bonchev–Trinajstić information content (AvgIpc) is 3.00. The Morgan fingerprint density at radius 1 is 1.36 bits per heavy atom. The van der Waals surface area contributed by atoms with Crippen molar-refractivity contribution in [2.75, 3.05) is 6.54 Å². The number of ether oxygens (including phenoxy) is 1. The molecule has 2 fully saturated rings. The van der Waals surface area contributed by atoms with Gasteiger partial charge in [0, 0.05) is 24.3 Å². The van der Waals surface area contributed by atoms with Crippen molar-refractivity contribution in [3.8, 4) is 0 Å². The number of amides is 2. The average molecular weight is 306 g/mol. The number of carbonyl (C=O) groups is 1. The summed E-state index contributed by atoms with van der Waals surface area (Å²) < 4.78 is 5.75. The predicted molar refractivity (Wildman–Crippen MR) is 83.4 cm³/mol. The maximum atomic E-state index is 12.7. The third-order valence-electron chi connectivity index (χ3n) is 4.69. The molecular weight excluding hydrogens is 280 g/mol. The van der Waals surface area contributed by atoms with Crippen LogP contribution in [0.5, 0.6) is 0 Å². The number of likely N-dealkylation sites (tertiary alicyclic amines) is 1. The van der Waals surface area contributed by atoms with Gasteiger partial charge in [-0.2, -0.15) is 5.10 Å². The van der Waals surface area contributed by atoms with Crippen molar-refractivity contribution in [3.05, 3.63) is 18.0 Å². The fourth-order valence-electron chi connectivity index (χ4n) is 3.74. The molecule has 0 aliphatic carbocycles. The van der Waals surface area contributed by atoms with Gasteiger partial charge in [0.25, 0.3) is 0 Å². The molecule has 0 saturated carbocycles. The van der Waals surface area contributed by atoms with E-state index in [1.807, 2.05) is 17.3 Å². The number of carbonyl (C=O) groups excluding carboxylic acids is 1. The molecule has 0 unspecified atom stereocenters. The molecule has 3 atom stereocenters. The lowest BCUT2D eigenvalue weighted by atomic mass is 9.97. The van der Waals surface area contributed by atoms with Crippen LogP contribution in [0.3, 0.4) is 0 Å². The first kappa shape index (κ1) is 15.3. The summed E-state index contributed by atoms with van der Waals surface area (Å²) in [6.07, 6.45) is 9.16. The van der Waals surface area contributed by atoms with Gasteiger partial charge in [0.15, 0.2) is 0 Å². The summed E-state index contributed by atoms with van der Waals surface area (Å²) in [6, 6.07) is 0.401. The van der Waals surface area contributed by atoms with E-state index in [-0.39, 0.29) is 30.3 Å². The summed E-state index contributed by atoms with van der Waals surface area (Å²) >= 11 is 0. The molecule has 2 amide bonds. The Kier molecular flexibility index (Phi) is 4.66. The van der Waals surface area contributed by atoms with E-state index in [2.05, 4.69) is 29.4 Å².